The zero-order valence-electron chi connectivity index (χ0n) is 28.0. The maximum Gasteiger partial charge on any atom is 0.136 e. The van der Waals surface area contributed by atoms with Crippen molar-refractivity contribution in [2.24, 2.45) is 0 Å². The van der Waals surface area contributed by atoms with E-state index in [4.69, 9.17) is 9.40 Å². The molecule has 52 heavy (non-hydrogen) atoms. The van der Waals surface area contributed by atoms with Crippen LogP contribution in [-0.4, -0.2) is 4.98 Å². The molecule has 0 bridgehead atoms. The largest absolute Gasteiger partial charge is 0.456 e. The smallest absolute Gasteiger partial charge is 0.136 e. The van der Waals surface area contributed by atoms with Gasteiger partial charge < -0.3 is 4.42 Å². The Balaban J connectivity index is 1.12. The summed E-state index contributed by atoms with van der Waals surface area (Å²) in [6, 6.07) is 63.1. The molecule has 0 radical (unpaired) electrons. The maximum atomic E-state index is 6.59. The van der Waals surface area contributed by atoms with Gasteiger partial charge in [0.1, 0.15) is 11.2 Å². The fraction of sp³-hybridized carbons (Fsp3) is 0. The molecule has 242 valence electrons. The Hall–Kier alpha value is -6.55. The monoisotopic (exact) mass is 679 g/mol. The number of pyridine rings is 1. The molecule has 3 heteroatoms. The van der Waals surface area contributed by atoms with Gasteiger partial charge in [0.25, 0.3) is 0 Å². The van der Waals surface area contributed by atoms with Crippen molar-refractivity contribution in [2.75, 3.05) is 0 Å². The van der Waals surface area contributed by atoms with Gasteiger partial charge in [-0.2, -0.15) is 0 Å². The van der Waals surface area contributed by atoms with E-state index in [0.717, 1.165) is 60.6 Å². The lowest BCUT2D eigenvalue weighted by Crippen LogP contribution is -1.93. The molecule has 0 saturated heterocycles. The highest BCUT2D eigenvalue weighted by Gasteiger charge is 2.21. The summed E-state index contributed by atoms with van der Waals surface area (Å²) in [5, 5.41) is 8.29. The predicted octanol–water partition coefficient (Wildman–Crippen LogP) is 14.3. The lowest BCUT2D eigenvalue weighted by molar-refractivity contribution is 0.669. The molecule has 2 nitrogen and oxygen atoms in total. The third kappa shape index (κ3) is 4.53. The molecule has 0 amide bonds. The standard InChI is InChI=1S/C49H29NOS/c1-2-12-30(13-3-1)46-47-38-19-4-7-21-41(38)50-49(40(47)29-43-48(46)39-20-5-8-22-42(39)51-43)35-17-11-16-33(27-35)31-14-10-15-32(26-31)34-24-25-37-36-18-6-9-23-44(36)52-45(37)28-34/h1-29H. The Morgan fingerprint density at radius 1 is 0.365 bits per heavy atom. The number of para-hydroxylation sites is 2. The molecule has 0 unspecified atom stereocenters. The van der Waals surface area contributed by atoms with Crippen LogP contribution in [0, 0.1) is 0 Å². The normalized spacial score (nSPS) is 11.8. The number of nitrogens with zero attached hydrogens (tertiary/aromatic N) is 1. The number of furan rings is 1. The van der Waals surface area contributed by atoms with Crippen LogP contribution in [0.5, 0.6) is 0 Å². The first-order chi connectivity index (χ1) is 25.8. The molecule has 0 saturated carbocycles. The van der Waals surface area contributed by atoms with E-state index >= 15 is 0 Å². The number of fused-ring (bicyclic) bond motifs is 9. The number of benzene rings is 8. The van der Waals surface area contributed by atoms with Crippen LogP contribution in [0.15, 0.2) is 180 Å². The Morgan fingerprint density at radius 2 is 0.981 bits per heavy atom. The third-order valence-corrected chi connectivity index (χ3v) is 11.6. The van der Waals surface area contributed by atoms with E-state index in [2.05, 4.69) is 170 Å². The molecule has 0 aliphatic heterocycles. The van der Waals surface area contributed by atoms with Crippen LogP contribution in [0.3, 0.4) is 0 Å². The highest BCUT2D eigenvalue weighted by Crippen LogP contribution is 2.46. The summed E-state index contributed by atoms with van der Waals surface area (Å²) >= 11 is 1.86. The lowest BCUT2D eigenvalue weighted by Gasteiger charge is -2.16. The van der Waals surface area contributed by atoms with Crippen molar-refractivity contribution in [1.29, 1.82) is 0 Å². The van der Waals surface area contributed by atoms with E-state index in [-0.39, 0.29) is 0 Å². The third-order valence-electron chi connectivity index (χ3n) is 10.4. The molecule has 0 N–H and O–H groups in total. The zero-order valence-corrected chi connectivity index (χ0v) is 28.8. The van der Waals surface area contributed by atoms with Crippen LogP contribution in [0.25, 0.3) is 108 Å². The van der Waals surface area contributed by atoms with Gasteiger partial charge in [-0.3, -0.25) is 0 Å². The van der Waals surface area contributed by atoms with Gasteiger partial charge in [-0.05, 0) is 70.3 Å². The van der Waals surface area contributed by atoms with Gasteiger partial charge in [-0.25, -0.2) is 4.98 Å². The predicted molar refractivity (Wildman–Crippen MR) is 221 cm³/mol. The summed E-state index contributed by atoms with van der Waals surface area (Å²) in [6.07, 6.45) is 0. The van der Waals surface area contributed by atoms with Gasteiger partial charge in [0.15, 0.2) is 0 Å². The summed E-state index contributed by atoms with van der Waals surface area (Å²) in [4.78, 5) is 5.38. The van der Waals surface area contributed by atoms with Crippen molar-refractivity contribution in [1.82, 2.24) is 4.98 Å². The van der Waals surface area contributed by atoms with E-state index in [0.29, 0.717) is 0 Å². The van der Waals surface area contributed by atoms with E-state index in [1.165, 1.54) is 47.8 Å². The van der Waals surface area contributed by atoms with E-state index in [1.807, 2.05) is 17.4 Å². The Bertz CT molecular complexity index is 3190. The molecule has 0 fully saturated rings. The van der Waals surface area contributed by atoms with Crippen LogP contribution >= 0.6 is 11.3 Å². The lowest BCUT2D eigenvalue weighted by atomic mass is 9.89. The number of hydrogen-bond acceptors (Lipinski definition) is 3. The van der Waals surface area contributed by atoms with Crippen LogP contribution in [0.4, 0.5) is 0 Å². The molecule has 0 spiro atoms. The Labute approximate surface area is 303 Å². The summed E-state index contributed by atoms with van der Waals surface area (Å²) < 4.78 is 9.23. The van der Waals surface area contributed by atoms with Gasteiger partial charge in [-0.15, -0.1) is 11.3 Å². The number of rotatable bonds is 4. The highest BCUT2D eigenvalue weighted by atomic mass is 32.1. The first-order valence-corrected chi connectivity index (χ1v) is 18.4. The number of hydrogen-bond donors (Lipinski definition) is 0. The van der Waals surface area contributed by atoms with Crippen LogP contribution in [0.2, 0.25) is 0 Å². The molecular formula is C49H29NOS. The fourth-order valence-corrected chi connectivity index (χ4v) is 9.21. The Morgan fingerprint density at radius 3 is 1.81 bits per heavy atom. The first-order valence-electron chi connectivity index (χ1n) is 17.6. The van der Waals surface area contributed by atoms with Crippen molar-refractivity contribution in [3.63, 3.8) is 0 Å². The van der Waals surface area contributed by atoms with Gasteiger partial charge in [-0.1, -0.05) is 133 Å². The highest BCUT2D eigenvalue weighted by molar-refractivity contribution is 7.25. The van der Waals surface area contributed by atoms with Gasteiger partial charge in [0, 0.05) is 58.2 Å². The van der Waals surface area contributed by atoms with Crippen molar-refractivity contribution >= 4 is 75.1 Å². The minimum atomic E-state index is 0.866. The van der Waals surface area contributed by atoms with Crippen molar-refractivity contribution in [3.8, 4) is 44.6 Å². The van der Waals surface area contributed by atoms with Gasteiger partial charge in [0.05, 0.1) is 11.2 Å². The zero-order chi connectivity index (χ0) is 34.2. The summed E-state index contributed by atoms with van der Waals surface area (Å²) in [7, 11) is 0. The van der Waals surface area contributed by atoms with Crippen LogP contribution < -0.4 is 0 Å². The molecule has 11 rings (SSSR count). The van der Waals surface area contributed by atoms with Crippen molar-refractivity contribution in [2.45, 2.75) is 0 Å². The average molecular weight is 680 g/mol. The molecular weight excluding hydrogens is 651 g/mol. The van der Waals surface area contributed by atoms with Crippen LogP contribution in [-0.2, 0) is 0 Å². The topological polar surface area (TPSA) is 26.0 Å². The summed E-state index contributed by atoms with van der Waals surface area (Å²) in [6.45, 7) is 0. The average Bonchev–Trinajstić information content (AvgIpc) is 3.78. The fourth-order valence-electron chi connectivity index (χ4n) is 8.06. The van der Waals surface area contributed by atoms with Crippen molar-refractivity contribution < 1.29 is 4.42 Å². The molecule has 3 heterocycles. The van der Waals surface area contributed by atoms with Gasteiger partial charge >= 0.3 is 0 Å². The SMILES string of the molecule is c1ccc(-c2c3c(cc4c(-c5cccc(-c6cccc(-c7ccc8c(c7)sc7ccccc78)c6)c5)nc5ccccc5c24)oc2ccccc23)cc1. The Kier molecular flexibility index (Phi) is 6.46. The van der Waals surface area contributed by atoms with E-state index in [1.54, 1.807) is 0 Å². The maximum absolute atomic E-state index is 6.59. The second-order valence-corrected chi connectivity index (χ2v) is 14.5. The quantitative estimate of drug-likeness (QED) is 0.173. The van der Waals surface area contributed by atoms with Crippen LogP contribution in [0.1, 0.15) is 0 Å². The number of aromatic nitrogens is 1. The van der Waals surface area contributed by atoms with Crippen molar-refractivity contribution in [3.05, 3.63) is 176 Å². The molecule has 0 aliphatic carbocycles. The minimum Gasteiger partial charge on any atom is -0.456 e. The summed E-state index contributed by atoms with van der Waals surface area (Å²) in [5.74, 6) is 0. The van der Waals surface area contributed by atoms with E-state index in [9.17, 15) is 0 Å². The molecule has 11 aromatic rings. The molecule has 0 aliphatic rings. The number of thiophene rings is 1. The molecule has 3 aromatic heterocycles. The molecule has 0 atom stereocenters. The second kappa shape index (κ2) is 11.5. The summed E-state index contributed by atoms with van der Waals surface area (Å²) in [5.41, 5.74) is 11.8. The van der Waals surface area contributed by atoms with E-state index < -0.39 is 0 Å². The first kappa shape index (κ1) is 29.2. The second-order valence-electron chi connectivity index (χ2n) is 13.5. The minimum absolute atomic E-state index is 0.866. The molecule has 8 aromatic carbocycles. The van der Waals surface area contributed by atoms with Gasteiger partial charge in [0.2, 0.25) is 0 Å².